The Morgan fingerprint density at radius 1 is 0.607 bits per heavy atom. The van der Waals surface area contributed by atoms with Crippen molar-refractivity contribution in [2.45, 2.75) is 99.8 Å². The molecule has 5 nitrogen and oxygen atoms in total. The monoisotopic (exact) mass is 753 g/mol. The Kier molecular flexibility index (Phi) is 18.5. The first-order chi connectivity index (χ1) is 26.4. The summed E-state index contributed by atoms with van der Waals surface area (Å²) in [4.78, 5) is 5.08. The van der Waals surface area contributed by atoms with E-state index in [4.69, 9.17) is 10.3 Å². The molecule has 0 fully saturated rings. The maximum absolute atomic E-state index is 5.08. The van der Waals surface area contributed by atoms with Gasteiger partial charge in [0.05, 0.1) is 11.4 Å². The summed E-state index contributed by atoms with van der Waals surface area (Å²) in [5, 5.41) is 13.0. The minimum atomic E-state index is 0. The zero-order chi connectivity index (χ0) is 39.9. The zero-order valence-electron chi connectivity index (χ0n) is 35.5. The third-order valence-corrected chi connectivity index (χ3v) is 9.17. The molecule has 0 atom stereocenters. The topological polar surface area (TPSA) is 57.2 Å². The molecule has 0 amide bonds. The van der Waals surface area contributed by atoms with E-state index < -0.39 is 0 Å². The van der Waals surface area contributed by atoms with Crippen molar-refractivity contribution in [1.82, 2.24) is 15.0 Å². The van der Waals surface area contributed by atoms with Crippen molar-refractivity contribution in [2.24, 2.45) is 4.99 Å². The van der Waals surface area contributed by atoms with E-state index in [1.54, 1.807) is 4.68 Å². The predicted molar refractivity (Wildman–Crippen MR) is 241 cm³/mol. The van der Waals surface area contributed by atoms with Crippen molar-refractivity contribution in [1.29, 1.82) is 0 Å². The number of rotatable bonds is 10. The van der Waals surface area contributed by atoms with Crippen molar-refractivity contribution in [3.63, 3.8) is 0 Å². The molecule has 0 unspecified atom stereocenters. The summed E-state index contributed by atoms with van der Waals surface area (Å²) in [5.41, 5.74) is 13.7. The van der Waals surface area contributed by atoms with Crippen LogP contribution in [0.25, 0.3) is 22.3 Å². The van der Waals surface area contributed by atoms with Crippen LogP contribution < -0.4 is 0 Å². The molecule has 0 aliphatic rings. The molecule has 0 saturated carbocycles. The van der Waals surface area contributed by atoms with Crippen molar-refractivity contribution in [2.75, 3.05) is 0 Å². The van der Waals surface area contributed by atoms with Crippen LogP contribution in [0.2, 0.25) is 0 Å². The molecule has 0 saturated heterocycles. The summed E-state index contributed by atoms with van der Waals surface area (Å²) in [7, 11) is 0. The van der Waals surface area contributed by atoms with E-state index in [0.29, 0.717) is 23.7 Å². The van der Waals surface area contributed by atoms with Crippen LogP contribution in [-0.4, -0.2) is 43.8 Å². The number of allylic oxidation sites excluding steroid dienone is 2. The second-order valence-corrected chi connectivity index (χ2v) is 15.2. The van der Waals surface area contributed by atoms with Crippen LogP contribution in [0, 0.1) is 13.1 Å². The van der Waals surface area contributed by atoms with Gasteiger partial charge in [-0.25, -0.2) is 5.10 Å². The Morgan fingerprint density at radius 3 is 1.50 bits per heavy atom. The summed E-state index contributed by atoms with van der Waals surface area (Å²) < 4.78 is 1.79. The van der Waals surface area contributed by atoms with Crippen molar-refractivity contribution < 1.29 is 0 Å². The minimum Gasteiger partial charge on any atom is -0.661 e. The van der Waals surface area contributed by atoms with Crippen LogP contribution in [-0.2, 0) is 0 Å². The summed E-state index contributed by atoms with van der Waals surface area (Å²) >= 11 is 0. The van der Waals surface area contributed by atoms with E-state index in [1.807, 2.05) is 78.9 Å². The second kappa shape index (κ2) is 22.7. The first-order valence-electron chi connectivity index (χ1n) is 19.5. The summed E-state index contributed by atoms with van der Waals surface area (Å²) in [6.07, 6.45) is 5.04. The third kappa shape index (κ3) is 13.2. The molecule has 1 heterocycles. The standard InChI is InChI=1S/C29H41N2.C14H10N3.C7H8.Mg/c1-18(2)24-13-11-14-25(19(3)4)28(24)30-22(9)17-23(10)31-29-26(20(5)6)15-12-16-27(29)21(7)8;1-3-7-12(8-4-1)14-11-15-16-17(14)13-9-5-2-6-10-13;1-7-5-3-2-4-6-7;/h11-21H,1-10H3;1-10H;2-6H,1H3;/q2*-1;;+2/b22-17-,31-23?;;;. The van der Waals surface area contributed by atoms with Crippen LogP contribution in [0.1, 0.15) is 121 Å². The number of para-hydroxylation sites is 3. The van der Waals surface area contributed by atoms with Gasteiger partial charge < -0.3 is 5.32 Å². The molecule has 56 heavy (non-hydrogen) atoms. The van der Waals surface area contributed by atoms with Gasteiger partial charge in [-0.3, -0.25) is 9.67 Å². The number of benzene rings is 5. The molecule has 6 aromatic rings. The Bertz CT molecular complexity index is 2010. The molecular weight excluding hydrogens is 695 g/mol. The first-order valence-corrected chi connectivity index (χ1v) is 19.5. The number of hydrogen-bond donors (Lipinski definition) is 0. The molecule has 286 valence electrons. The van der Waals surface area contributed by atoms with Crippen molar-refractivity contribution in [3.05, 3.63) is 178 Å². The van der Waals surface area contributed by atoms with Gasteiger partial charge in [0, 0.05) is 5.71 Å². The summed E-state index contributed by atoms with van der Waals surface area (Å²) in [5.74, 6) is 1.75. The van der Waals surface area contributed by atoms with Crippen LogP contribution in [0.5, 0.6) is 0 Å². The minimum absolute atomic E-state index is 0. The Hall–Kier alpha value is -4.78. The van der Waals surface area contributed by atoms with Gasteiger partial charge in [-0.05, 0) is 60.8 Å². The van der Waals surface area contributed by atoms with E-state index >= 15 is 0 Å². The Labute approximate surface area is 353 Å². The zero-order valence-corrected chi connectivity index (χ0v) is 36.9. The Morgan fingerprint density at radius 2 is 1.05 bits per heavy atom. The average Bonchev–Trinajstić information content (AvgIpc) is 3.66. The number of aromatic nitrogens is 3. The van der Waals surface area contributed by atoms with E-state index in [2.05, 4.69) is 147 Å². The number of aliphatic imine (C=N–C) groups is 1. The van der Waals surface area contributed by atoms with Crippen LogP contribution in [0.15, 0.2) is 144 Å². The van der Waals surface area contributed by atoms with E-state index in [1.165, 1.54) is 27.8 Å². The fraction of sp³-hybridized carbons (Fsp3) is 0.300. The molecule has 0 N–H and O–H groups in total. The second-order valence-electron chi connectivity index (χ2n) is 15.2. The summed E-state index contributed by atoms with van der Waals surface area (Å²) in [6, 6.07) is 43.3. The predicted octanol–water partition coefficient (Wildman–Crippen LogP) is 14.2. The maximum atomic E-state index is 5.08. The number of aryl methyl sites for hydroxylation is 1. The van der Waals surface area contributed by atoms with E-state index in [-0.39, 0.29) is 23.1 Å². The third-order valence-electron chi connectivity index (χ3n) is 9.17. The smallest absolute Gasteiger partial charge is 0.661 e. The van der Waals surface area contributed by atoms with Gasteiger partial charge >= 0.3 is 23.1 Å². The van der Waals surface area contributed by atoms with Crippen LogP contribution >= 0.6 is 0 Å². The SMILES string of the molecule is CC(/C=C(/C)[N-]c1c(C(C)C)cccc1C(C)C)=Nc1c(C(C)C)cccc1C(C)C.Cc1ccccc1.[Mg+2].[c-]1nnn(-c2ccccc2)c1-c1ccccc1. The maximum Gasteiger partial charge on any atom is 2.00 e. The molecule has 1 aromatic heterocycles. The molecule has 6 heteroatoms. The molecule has 0 aliphatic heterocycles. The van der Waals surface area contributed by atoms with Gasteiger partial charge in [0.1, 0.15) is 0 Å². The fourth-order valence-corrected chi connectivity index (χ4v) is 6.27. The quantitative estimate of drug-likeness (QED) is 0.0794. The Balaban J connectivity index is 0.000000277. The van der Waals surface area contributed by atoms with Gasteiger partial charge in [0.15, 0.2) is 0 Å². The average molecular weight is 754 g/mol. The first kappa shape index (κ1) is 45.6. The van der Waals surface area contributed by atoms with Gasteiger partial charge in [-0.2, -0.15) is 5.70 Å². The molecule has 0 spiro atoms. The number of hydrogen-bond acceptors (Lipinski definition) is 3. The largest absolute Gasteiger partial charge is 2.00 e. The molecule has 5 aromatic carbocycles. The van der Waals surface area contributed by atoms with Crippen LogP contribution in [0.3, 0.4) is 0 Å². The summed E-state index contributed by atoms with van der Waals surface area (Å²) in [6.45, 7) is 24.1. The molecule has 0 aliphatic carbocycles. The van der Waals surface area contributed by atoms with Crippen molar-refractivity contribution in [3.8, 4) is 16.9 Å². The number of nitrogens with zero attached hydrogens (tertiary/aromatic N) is 5. The van der Waals surface area contributed by atoms with Gasteiger partial charge in [0.2, 0.25) is 0 Å². The van der Waals surface area contributed by atoms with E-state index in [0.717, 1.165) is 39.7 Å². The van der Waals surface area contributed by atoms with Crippen molar-refractivity contribution >= 4 is 40.1 Å². The van der Waals surface area contributed by atoms with Gasteiger partial charge in [-0.1, -0.05) is 205 Å². The molecule has 6 rings (SSSR count). The molecule has 0 radical (unpaired) electrons. The molecular formula is C50H59MgN5. The van der Waals surface area contributed by atoms with Gasteiger partial charge in [0.25, 0.3) is 0 Å². The van der Waals surface area contributed by atoms with E-state index in [9.17, 15) is 0 Å². The normalized spacial score (nSPS) is 11.5. The van der Waals surface area contributed by atoms with Crippen LogP contribution in [0.4, 0.5) is 11.4 Å². The molecule has 0 bridgehead atoms. The van der Waals surface area contributed by atoms with Gasteiger partial charge in [-0.15, -0.1) is 23.4 Å². The fourth-order valence-electron chi connectivity index (χ4n) is 6.27.